The zero-order valence-corrected chi connectivity index (χ0v) is 11.3. The van der Waals surface area contributed by atoms with Crippen LogP contribution < -0.4 is 5.32 Å². The van der Waals surface area contributed by atoms with Crippen LogP contribution in [0.15, 0.2) is 23.2 Å². The van der Waals surface area contributed by atoms with Crippen molar-refractivity contribution in [3.63, 3.8) is 0 Å². The molecule has 0 aromatic heterocycles. The fraction of sp³-hybridized carbons (Fsp3) is 0.500. The third kappa shape index (κ3) is 2.14. The van der Waals surface area contributed by atoms with Crippen molar-refractivity contribution >= 4 is 22.6 Å². The first-order valence-electron chi connectivity index (χ1n) is 6.43. The molecule has 0 bridgehead atoms. The smallest absolute Gasteiger partial charge is 0.161 e. The SMILES string of the molecule is Cc1c(F)cccc1NC1=NC2(CCCC2)CS1. The molecule has 96 valence electrons. The second-order valence-corrected chi connectivity index (χ2v) is 6.14. The van der Waals surface area contributed by atoms with Gasteiger partial charge in [-0.05, 0) is 31.9 Å². The largest absolute Gasteiger partial charge is 0.335 e. The summed E-state index contributed by atoms with van der Waals surface area (Å²) in [6.45, 7) is 1.79. The maximum atomic E-state index is 13.5. The molecule has 0 atom stereocenters. The summed E-state index contributed by atoms with van der Waals surface area (Å²) in [5.41, 5.74) is 1.67. The highest BCUT2D eigenvalue weighted by atomic mass is 32.2. The summed E-state index contributed by atoms with van der Waals surface area (Å²) >= 11 is 1.76. The van der Waals surface area contributed by atoms with Crippen molar-refractivity contribution in [3.05, 3.63) is 29.6 Å². The second-order valence-electron chi connectivity index (χ2n) is 5.17. The van der Waals surface area contributed by atoms with Gasteiger partial charge in [-0.2, -0.15) is 0 Å². The van der Waals surface area contributed by atoms with Gasteiger partial charge in [0.25, 0.3) is 0 Å². The number of nitrogens with one attached hydrogen (secondary N) is 1. The van der Waals surface area contributed by atoms with Gasteiger partial charge < -0.3 is 5.32 Å². The number of thioether (sulfide) groups is 1. The van der Waals surface area contributed by atoms with E-state index in [9.17, 15) is 4.39 Å². The Kier molecular flexibility index (Phi) is 3.06. The maximum Gasteiger partial charge on any atom is 0.161 e. The number of anilines is 1. The molecule has 1 spiro atoms. The lowest BCUT2D eigenvalue weighted by Crippen LogP contribution is -2.21. The van der Waals surface area contributed by atoms with Crippen LogP contribution in [0, 0.1) is 12.7 Å². The van der Waals surface area contributed by atoms with Crippen LogP contribution in [0.25, 0.3) is 0 Å². The van der Waals surface area contributed by atoms with Crippen LogP contribution in [0.3, 0.4) is 0 Å². The Morgan fingerprint density at radius 3 is 2.89 bits per heavy atom. The van der Waals surface area contributed by atoms with Crippen molar-refractivity contribution in [1.82, 2.24) is 0 Å². The second kappa shape index (κ2) is 4.57. The molecule has 1 heterocycles. The van der Waals surface area contributed by atoms with Crippen molar-refractivity contribution in [2.24, 2.45) is 4.99 Å². The van der Waals surface area contributed by atoms with Crippen molar-refractivity contribution in [2.45, 2.75) is 38.1 Å². The van der Waals surface area contributed by atoms with Crippen molar-refractivity contribution in [2.75, 3.05) is 11.1 Å². The van der Waals surface area contributed by atoms with Gasteiger partial charge in [-0.1, -0.05) is 30.7 Å². The van der Waals surface area contributed by atoms with Gasteiger partial charge in [-0.3, -0.25) is 4.99 Å². The van der Waals surface area contributed by atoms with Crippen LogP contribution in [0.5, 0.6) is 0 Å². The molecule has 1 aromatic rings. The molecule has 2 aliphatic rings. The van der Waals surface area contributed by atoms with E-state index >= 15 is 0 Å². The Hall–Kier alpha value is -1.03. The first kappa shape index (κ1) is 12.0. The van der Waals surface area contributed by atoms with Crippen LogP contribution in [-0.2, 0) is 0 Å². The molecule has 1 N–H and O–H groups in total. The van der Waals surface area contributed by atoms with E-state index in [2.05, 4.69) is 5.32 Å². The lowest BCUT2D eigenvalue weighted by atomic mass is 10.0. The number of amidine groups is 1. The number of aliphatic imine (C=N–C) groups is 1. The van der Waals surface area contributed by atoms with E-state index < -0.39 is 0 Å². The predicted octanol–water partition coefficient (Wildman–Crippen LogP) is 3.96. The summed E-state index contributed by atoms with van der Waals surface area (Å²) in [5.74, 6) is 0.906. The molecule has 18 heavy (non-hydrogen) atoms. The summed E-state index contributed by atoms with van der Waals surface area (Å²) in [6, 6.07) is 5.12. The summed E-state index contributed by atoms with van der Waals surface area (Å²) < 4.78 is 13.5. The van der Waals surface area contributed by atoms with Gasteiger partial charge in [-0.25, -0.2) is 4.39 Å². The molecule has 1 saturated carbocycles. The minimum absolute atomic E-state index is 0.167. The lowest BCUT2D eigenvalue weighted by Gasteiger charge is -2.16. The summed E-state index contributed by atoms with van der Waals surface area (Å²) in [4.78, 5) is 4.83. The summed E-state index contributed by atoms with van der Waals surface area (Å²) in [7, 11) is 0. The fourth-order valence-corrected chi connectivity index (χ4v) is 3.89. The average molecular weight is 264 g/mol. The molecule has 0 saturated heterocycles. The Bertz CT molecular complexity index is 493. The van der Waals surface area contributed by atoms with Gasteiger partial charge in [0.05, 0.1) is 5.54 Å². The molecule has 0 unspecified atom stereocenters. The maximum absolute atomic E-state index is 13.5. The highest BCUT2D eigenvalue weighted by Crippen LogP contribution is 2.41. The van der Waals surface area contributed by atoms with Crippen molar-refractivity contribution < 1.29 is 4.39 Å². The fourth-order valence-electron chi connectivity index (χ4n) is 2.69. The third-order valence-electron chi connectivity index (χ3n) is 3.86. The molecule has 3 rings (SSSR count). The van der Waals surface area contributed by atoms with Gasteiger partial charge in [-0.15, -0.1) is 0 Å². The first-order valence-corrected chi connectivity index (χ1v) is 7.42. The Morgan fingerprint density at radius 1 is 1.33 bits per heavy atom. The molecular formula is C14H17FN2S. The van der Waals surface area contributed by atoms with E-state index in [1.165, 1.54) is 31.7 Å². The summed E-state index contributed by atoms with van der Waals surface area (Å²) in [6.07, 6.45) is 4.98. The number of nitrogens with zero attached hydrogens (tertiary/aromatic N) is 1. The van der Waals surface area contributed by atoms with Gasteiger partial charge in [0, 0.05) is 17.0 Å². The third-order valence-corrected chi connectivity index (χ3v) is 5.01. The minimum atomic E-state index is -0.167. The van der Waals surface area contributed by atoms with Crippen molar-refractivity contribution in [3.8, 4) is 0 Å². The van der Waals surface area contributed by atoms with Gasteiger partial charge in [0.1, 0.15) is 5.82 Å². The number of halogens is 1. The molecule has 4 heteroatoms. The van der Waals surface area contributed by atoms with Gasteiger partial charge >= 0.3 is 0 Å². The van der Waals surface area contributed by atoms with Crippen LogP contribution in [0.2, 0.25) is 0 Å². The van der Waals surface area contributed by atoms with Gasteiger partial charge in [0.2, 0.25) is 0 Å². The van der Waals surface area contributed by atoms with Crippen LogP contribution >= 0.6 is 11.8 Å². The van der Waals surface area contributed by atoms with Crippen LogP contribution in [0.4, 0.5) is 10.1 Å². The van der Waals surface area contributed by atoms with E-state index in [0.29, 0.717) is 5.56 Å². The van der Waals surface area contributed by atoms with Crippen LogP contribution in [-0.4, -0.2) is 16.5 Å². The molecule has 0 amide bonds. The first-order chi connectivity index (χ1) is 8.69. The van der Waals surface area contributed by atoms with E-state index in [-0.39, 0.29) is 11.4 Å². The topological polar surface area (TPSA) is 24.4 Å². The van der Waals surface area contributed by atoms with E-state index in [1.54, 1.807) is 24.8 Å². The van der Waals surface area contributed by atoms with E-state index in [0.717, 1.165) is 16.6 Å². The average Bonchev–Trinajstić information content (AvgIpc) is 2.97. The zero-order valence-electron chi connectivity index (χ0n) is 10.5. The Labute approximate surface area is 111 Å². The molecule has 2 nitrogen and oxygen atoms in total. The Balaban J connectivity index is 1.79. The van der Waals surface area contributed by atoms with E-state index in [1.807, 2.05) is 6.07 Å². The van der Waals surface area contributed by atoms with E-state index in [4.69, 9.17) is 4.99 Å². The molecule has 1 aliphatic heterocycles. The molecule has 0 radical (unpaired) electrons. The predicted molar refractivity (Wildman–Crippen MR) is 75.9 cm³/mol. The van der Waals surface area contributed by atoms with Crippen molar-refractivity contribution in [1.29, 1.82) is 0 Å². The standard InChI is InChI=1S/C14H17FN2S/c1-10-11(15)5-4-6-12(10)16-13-17-14(9-18-13)7-2-3-8-14/h4-6H,2-3,7-9H2,1H3,(H,16,17). The number of hydrogen-bond donors (Lipinski definition) is 1. The minimum Gasteiger partial charge on any atom is -0.335 e. The molecular weight excluding hydrogens is 247 g/mol. The molecule has 1 aromatic carbocycles. The molecule has 1 aliphatic carbocycles. The number of benzene rings is 1. The zero-order chi connectivity index (χ0) is 12.6. The highest BCUT2D eigenvalue weighted by molar-refractivity contribution is 8.14. The monoisotopic (exact) mass is 264 g/mol. The normalized spacial score (nSPS) is 21.3. The Morgan fingerprint density at radius 2 is 2.11 bits per heavy atom. The summed E-state index contributed by atoms with van der Waals surface area (Å²) in [5, 5.41) is 4.22. The molecule has 1 fully saturated rings. The van der Waals surface area contributed by atoms with Crippen LogP contribution in [0.1, 0.15) is 31.2 Å². The lowest BCUT2D eigenvalue weighted by molar-refractivity contribution is 0.508. The number of rotatable bonds is 1. The van der Waals surface area contributed by atoms with Gasteiger partial charge in [0.15, 0.2) is 5.17 Å². The number of hydrogen-bond acceptors (Lipinski definition) is 3. The highest BCUT2D eigenvalue weighted by Gasteiger charge is 2.38. The quantitative estimate of drug-likeness (QED) is 0.830.